The maximum Gasteiger partial charge on any atom is 0.257 e. The molecular weight excluding hydrogens is 377 g/mol. The van der Waals surface area contributed by atoms with Crippen molar-refractivity contribution in [2.75, 3.05) is 11.9 Å². The van der Waals surface area contributed by atoms with E-state index in [1.807, 2.05) is 13.8 Å². The molecule has 1 amide bonds. The first-order chi connectivity index (χ1) is 9.04. The molecule has 0 unspecified atom stereocenters. The summed E-state index contributed by atoms with van der Waals surface area (Å²) in [5.74, 6) is -0.717. The van der Waals surface area contributed by atoms with Gasteiger partial charge in [0.2, 0.25) is 0 Å². The van der Waals surface area contributed by atoms with Crippen LogP contribution in [-0.2, 0) is 0 Å². The second-order valence-corrected chi connectivity index (χ2v) is 5.99. The molecule has 0 saturated carbocycles. The number of amides is 1. The molecule has 106 valence electrons. The minimum atomic E-state index is -0.473. The highest BCUT2D eigenvalue weighted by Gasteiger charge is 2.24. The number of benzene rings is 1. The first kappa shape index (κ1) is 16.6. The Morgan fingerprint density at radius 1 is 1.37 bits per heavy atom. The summed E-state index contributed by atoms with van der Waals surface area (Å²) in [7, 11) is 0. The van der Waals surface area contributed by atoms with Gasteiger partial charge in [-0.05, 0) is 31.0 Å². The van der Waals surface area contributed by atoms with E-state index in [-0.39, 0.29) is 17.5 Å². The quantitative estimate of drug-likeness (QED) is 0.645. The zero-order valence-corrected chi connectivity index (χ0v) is 14.3. The Morgan fingerprint density at radius 3 is 2.53 bits per heavy atom. The zero-order valence-electron chi connectivity index (χ0n) is 11.1. The highest BCUT2D eigenvalue weighted by molar-refractivity contribution is 9.10. The molecule has 0 aliphatic heterocycles. The lowest BCUT2D eigenvalue weighted by Crippen LogP contribution is -2.41. The first-order valence-corrected chi connectivity index (χ1v) is 8.28. The van der Waals surface area contributed by atoms with Crippen LogP contribution in [0.4, 0.5) is 4.39 Å². The Balaban J connectivity index is 3.08. The molecule has 2 nitrogen and oxygen atoms in total. The van der Waals surface area contributed by atoms with Gasteiger partial charge in [-0.1, -0.05) is 45.7 Å². The van der Waals surface area contributed by atoms with Crippen molar-refractivity contribution in [3.8, 4) is 0 Å². The van der Waals surface area contributed by atoms with E-state index in [1.54, 1.807) is 17.0 Å². The van der Waals surface area contributed by atoms with Gasteiger partial charge in [-0.2, -0.15) is 0 Å². The summed E-state index contributed by atoms with van der Waals surface area (Å²) in [6.07, 6.45) is 1.73. The number of hydrogen-bond donors (Lipinski definition) is 0. The van der Waals surface area contributed by atoms with E-state index in [4.69, 9.17) is 0 Å². The number of rotatable bonds is 6. The molecule has 5 heteroatoms. The van der Waals surface area contributed by atoms with Crippen LogP contribution in [-0.4, -0.2) is 28.7 Å². The number of hydrogen-bond acceptors (Lipinski definition) is 1. The van der Waals surface area contributed by atoms with Crippen molar-refractivity contribution in [1.82, 2.24) is 4.90 Å². The summed E-state index contributed by atoms with van der Waals surface area (Å²) in [4.78, 5) is 14.3. The van der Waals surface area contributed by atoms with Gasteiger partial charge in [0.15, 0.2) is 0 Å². The summed E-state index contributed by atoms with van der Waals surface area (Å²) in [6, 6.07) is 4.60. The molecule has 0 radical (unpaired) electrons. The number of alkyl halides is 1. The van der Waals surface area contributed by atoms with Gasteiger partial charge < -0.3 is 4.90 Å². The standard InChI is InChI=1S/C14H18Br2FNO/c1-3-11(4-2)18(8-7-15)14(19)12-9-10(16)5-6-13(12)17/h5-6,9,11H,3-4,7-8H2,1-2H3. The Hall–Kier alpha value is -0.420. The van der Waals surface area contributed by atoms with E-state index in [0.717, 1.165) is 12.8 Å². The minimum Gasteiger partial charge on any atom is -0.335 e. The lowest BCUT2D eigenvalue weighted by Gasteiger charge is -2.30. The summed E-state index contributed by atoms with van der Waals surface area (Å²) in [6.45, 7) is 4.66. The average molecular weight is 395 g/mol. The average Bonchev–Trinajstić information content (AvgIpc) is 2.41. The Bertz CT molecular complexity index is 435. The normalized spacial score (nSPS) is 10.8. The smallest absolute Gasteiger partial charge is 0.257 e. The molecule has 0 aromatic heterocycles. The molecule has 1 aromatic rings. The van der Waals surface area contributed by atoms with Crippen molar-refractivity contribution in [2.45, 2.75) is 32.7 Å². The first-order valence-electron chi connectivity index (χ1n) is 6.37. The maximum absolute atomic E-state index is 13.8. The van der Waals surface area contributed by atoms with Crippen LogP contribution in [0.25, 0.3) is 0 Å². The topological polar surface area (TPSA) is 20.3 Å². The minimum absolute atomic E-state index is 0.127. The number of nitrogens with zero attached hydrogens (tertiary/aromatic N) is 1. The summed E-state index contributed by atoms with van der Waals surface area (Å²) < 4.78 is 14.5. The largest absolute Gasteiger partial charge is 0.335 e. The fourth-order valence-electron chi connectivity index (χ4n) is 2.09. The highest BCUT2D eigenvalue weighted by atomic mass is 79.9. The molecule has 1 rings (SSSR count). The predicted molar refractivity (Wildman–Crippen MR) is 83.3 cm³/mol. The Labute approximate surface area is 130 Å². The third-order valence-electron chi connectivity index (χ3n) is 3.13. The monoisotopic (exact) mass is 393 g/mol. The van der Waals surface area contributed by atoms with Crippen LogP contribution in [0.5, 0.6) is 0 Å². The van der Waals surface area contributed by atoms with E-state index >= 15 is 0 Å². The van der Waals surface area contributed by atoms with Crippen LogP contribution in [0.1, 0.15) is 37.0 Å². The summed E-state index contributed by atoms with van der Waals surface area (Å²) in [5, 5.41) is 0.685. The van der Waals surface area contributed by atoms with Crippen LogP contribution in [0.15, 0.2) is 22.7 Å². The van der Waals surface area contributed by atoms with E-state index in [1.165, 1.54) is 6.07 Å². The fourth-order valence-corrected chi connectivity index (χ4v) is 2.83. The van der Waals surface area contributed by atoms with Gasteiger partial charge in [0.25, 0.3) is 5.91 Å². The molecule has 0 aliphatic rings. The van der Waals surface area contributed by atoms with Crippen LogP contribution in [0.3, 0.4) is 0 Å². The van der Waals surface area contributed by atoms with Crippen molar-refractivity contribution in [2.24, 2.45) is 0 Å². The lowest BCUT2D eigenvalue weighted by molar-refractivity contribution is 0.0678. The molecule has 19 heavy (non-hydrogen) atoms. The van der Waals surface area contributed by atoms with E-state index in [2.05, 4.69) is 31.9 Å². The predicted octanol–water partition coefficient (Wildman–Crippen LogP) is 4.61. The third-order valence-corrected chi connectivity index (χ3v) is 3.98. The Morgan fingerprint density at radius 2 is 2.00 bits per heavy atom. The van der Waals surface area contributed by atoms with Crippen LogP contribution in [0, 0.1) is 5.82 Å². The molecular formula is C14H18Br2FNO. The fraction of sp³-hybridized carbons (Fsp3) is 0.500. The Kier molecular flexibility index (Phi) is 7.00. The second-order valence-electron chi connectivity index (χ2n) is 4.28. The van der Waals surface area contributed by atoms with Crippen LogP contribution in [0.2, 0.25) is 0 Å². The van der Waals surface area contributed by atoms with Gasteiger partial charge in [0.05, 0.1) is 5.56 Å². The summed E-state index contributed by atoms with van der Waals surface area (Å²) >= 11 is 6.63. The lowest BCUT2D eigenvalue weighted by atomic mass is 10.1. The SMILES string of the molecule is CCC(CC)N(CCBr)C(=O)c1cc(Br)ccc1F. The van der Waals surface area contributed by atoms with Gasteiger partial charge in [-0.3, -0.25) is 4.79 Å². The van der Waals surface area contributed by atoms with Crippen LogP contribution >= 0.6 is 31.9 Å². The molecule has 0 N–H and O–H groups in total. The van der Waals surface area contributed by atoms with Crippen molar-refractivity contribution in [1.29, 1.82) is 0 Å². The molecule has 1 aromatic carbocycles. The van der Waals surface area contributed by atoms with Crippen molar-refractivity contribution in [3.05, 3.63) is 34.1 Å². The van der Waals surface area contributed by atoms with Crippen molar-refractivity contribution in [3.63, 3.8) is 0 Å². The van der Waals surface area contributed by atoms with Crippen molar-refractivity contribution >= 4 is 37.8 Å². The molecule has 0 aliphatic carbocycles. The summed E-state index contributed by atoms with van der Waals surface area (Å²) in [5.41, 5.74) is 0.127. The van der Waals surface area contributed by atoms with Gasteiger partial charge in [-0.25, -0.2) is 4.39 Å². The van der Waals surface area contributed by atoms with E-state index < -0.39 is 5.82 Å². The molecule has 0 saturated heterocycles. The highest BCUT2D eigenvalue weighted by Crippen LogP contribution is 2.20. The molecule has 0 atom stereocenters. The molecule has 0 spiro atoms. The van der Waals surface area contributed by atoms with E-state index in [0.29, 0.717) is 16.3 Å². The number of carbonyl (C=O) groups is 1. The van der Waals surface area contributed by atoms with Gasteiger partial charge in [0, 0.05) is 22.4 Å². The van der Waals surface area contributed by atoms with Gasteiger partial charge in [-0.15, -0.1) is 0 Å². The van der Waals surface area contributed by atoms with Crippen LogP contribution < -0.4 is 0 Å². The molecule has 0 heterocycles. The number of carbonyl (C=O) groups excluding carboxylic acids is 1. The third kappa shape index (κ3) is 4.28. The maximum atomic E-state index is 13.8. The van der Waals surface area contributed by atoms with Gasteiger partial charge in [0.1, 0.15) is 5.82 Å². The molecule has 0 fully saturated rings. The van der Waals surface area contributed by atoms with Gasteiger partial charge >= 0.3 is 0 Å². The second kappa shape index (κ2) is 8.00. The van der Waals surface area contributed by atoms with Crippen molar-refractivity contribution < 1.29 is 9.18 Å². The zero-order chi connectivity index (χ0) is 14.4. The number of halogens is 3. The molecule has 0 bridgehead atoms. The van der Waals surface area contributed by atoms with E-state index in [9.17, 15) is 9.18 Å².